The predicted molar refractivity (Wildman–Crippen MR) is 79.4 cm³/mol. The van der Waals surface area contributed by atoms with Crippen LogP contribution in [0.2, 0.25) is 0 Å². The zero-order chi connectivity index (χ0) is 15.9. The molecule has 0 radical (unpaired) electrons. The van der Waals surface area contributed by atoms with Gasteiger partial charge in [-0.25, -0.2) is 0 Å². The molecule has 0 fully saturated rings. The summed E-state index contributed by atoms with van der Waals surface area (Å²) in [6, 6.07) is 15.3. The summed E-state index contributed by atoms with van der Waals surface area (Å²) in [6.45, 7) is 1.23. The average molecular weight is 353 g/mol. The van der Waals surface area contributed by atoms with Crippen LogP contribution in [0.3, 0.4) is 0 Å². The molecule has 0 saturated heterocycles. The van der Waals surface area contributed by atoms with Crippen molar-refractivity contribution in [3.63, 3.8) is 0 Å². The molecule has 0 aliphatic rings. The van der Waals surface area contributed by atoms with Crippen molar-refractivity contribution in [2.75, 3.05) is 5.32 Å². The molecule has 4 N–H and O–H groups in total. The third kappa shape index (κ3) is 6.31. The number of nitrogens with one attached hydrogen (secondary N) is 1. The Morgan fingerprint density at radius 2 is 1.52 bits per heavy atom. The Balaban J connectivity index is 0.000000304. The van der Waals surface area contributed by atoms with Crippen molar-refractivity contribution in [3.05, 3.63) is 54.6 Å². The number of hydrogen-bond donors (Lipinski definition) is 4. The minimum atomic E-state index is -4.98. The first-order valence-electron chi connectivity index (χ1n) is 5.97. The summed E-state index contributed by atoms with van der Waals surface area (Å²) in [7, 11) is 0. The SMILES string of the molecule is CC(=O)Nc1cc([As](=O)(O)O)ccc1O.c1ccccc1. The molecule has 0 unspecified atom stereocenters. The molecule has 0 bridgehead atoms. The Bertz CT molecular complexity index is 612. The molecule has 2 rings (SSSR count). The maximum Gasteiger partial charge on any atom is -0.0623 e. The van der Waals surface area contributed by atoms with Crippen LogP contribution in [-0.4, -0.2) is 33.4 Å². The largest absolute Gasteiger partial charge is 0.0623 e. The number of phenolic OH excluding ortho intramolecular Hbond substituents is 1. The topological polar surface area (TPSA) is 107 Å². The third-order valence-electron chi connectivity index (χ3n) is 2.29. The van der Waals surface area contributed by atoms with Gasteiger partial charge >= 0.3 is 88.1 Å². The summed E-state index contributed by atoms with van der Waals surface area (Å²) >= 11 is -4.98. The molecule has 0 spiro atoms. The molecule has 7 heteroatoms. The van der Waals surface area contributed by atoms with Gasteiger partial charge in [-0.05, 0) is 0 Å². The van der Waals surface area contributed by atoms with Crippen LogP contribution < -0.4 is 9.67 Å². The van der Waals surface area contributed by atoms with Crippen LogP contribution in [0.1, 0.15) is 6.92 Å². The van der Waals surface area contributed by atoms with Gasteiger partial charge in [0.1, 0.15) is 0 Å². The van der Waals surface area contributed by atoms with Gasteiger partial charge < -0.3 is 0 Å². The molecule has 21 heavy (non-hydrogen) atoms. The predicted octanol–water partition coefficient (Wildman–Crippen LogP) is 0.598. The Labute approximate surface area is 125 Å². The first-order valence-corrected chi connectivity index (χ1v) is 9.35. The van der Waals surface area contributed by atoms with Crippen LogP contribution in [0, 0.1) is 0 Å². The van der Waals surface area contributed by atoms with Gasteiger partial charge in [-0.2, -0.15) is 0 Å². The maximum absolute atomic E-state index is 10.9. The van der Waals surface area contributed by atoms with E-state index in [9.17, 15) is 13.6 Å². The molecule has 0 heterocycles. The summed E-state index contributed by atoms with van der Waals surface area (Å²) in [5.74, 6) is -0.668. The molecule has 0 aromatic heterocycles. The van der Waals surface area contributed by atoms with Gasteiger partial charge in [-0.1, -0.05) is 36.4 Å². The molecule has 0 aliphatic heterocycles. The van der Waals surface area contributed by atoms with E-state index in [1.165, 1.54) is 6.92 Å². The fourth-order valence-corrected chi connectivity index (χ4v) is 2.57. The van der Waals surface area contributed by atoms with E-state index in [0.717, 1.165) is 18.2 Å². The van der Waals surface area contributed by atoms with Crippen molar-refractivity contribution < 1.29 is 21.8 Å². The van der Waals surface area contributed by atoms with Crippen LogP contribution in [0.25, 0.3) is 0 Å². The van der Waals surface area contributed by atoms with Gasteiger partial charge in [0.15, 0.2) is 0 Å². The zero-order valence-electron chi connectivity index (χ0n) is 11.3. The number of benzene rings is 2. The smallest absolute Gasteiger partial charge is 0.0623 e. The molecule has 112 valence electrons. The van der Waals surface area contributed by atoms with Gasteiger partial charge in [0.05, 0.1) is 0 Å². The minimum absolute atomic E-state index is 0.00951. The fraction of sp³-hybridized carbons (Fsp3) is 0.0714. The van der Waals surface area contributed by atoms with E-state index >= 15 is 0 Å². The first-order chi connectivity index (χ1) is 9.80. The Kier molecular flexibility index (Phi) is 6.24. The normalized spacial score (nSPS) is 10.2. The second-order valence-electron chi connectivity index (χ2n) is 4.08. The number of carbonyl (C=O) groups excluding carboxylic acids is 1. The third-order valence-corrected chi connectivity index (χ3v) is 4.29. The van der Waals surface area contributed by atoms with E-state index < -0.39 is 20.1 Å². The molecule has 0 saturated carbocycles. The molecular formula is C14H16AsNO5. The van der Waals surface area contributed by atoms with Crippen LogP contribution >= 0.6 is 0 Å². The van der Waals surface area contributed by atoms with Crippen LogP contribution in [0.4, 0.5) is 5.69 Å². The van der Waals surface area contributed by atoms with E-state index in [0.29, 0.717) is 0 Å². The summed E-state index contributed by atoms with van der Waals surface area (Å²) in [4.78, 5) is 10.7. The molecule has 0 atom stereocenters. The number of phenols is 1. The standard InChI is InChI=1S/C8H10AsNO5.C6H6/c1-5(11)10-7-4-6(9(13,14)15)2-3-8(7)12;1-2-4-6-5-3-1/h2-4,12H,1H3,(H,10,11)(H2,13,14,15);1-6H. The maximum atomic E-state index is 10.9. The number of aromatic hydroxyl groups is 1. The number of anilines is 1. The van der Waals surface area contributed by atoms with E-state index in [4.69, 9.17) is 8.19 Å². The summed E-state index contributed by atoms with van der Waals surface area (Å²) in [5, 5.41) is 11.6. The van der Waals surface area contributed by atoms with Gasteiger partial charge in [-0.15, -0.1) is 0 Å². The van der Waals surface area contributed by atoms with E-state index in [-0.39, 0.29) is 15.8 Å². The quantitative estimate of drug-likeness (QED) is 0.467. The Morgan fingerprint density at radius 1 is 1.05 bits per heavy atom. The van der Waals surface area contributed by atoms with Gasteiger partial charge in [0.2, 0.25) is 0 Å². The molecule has 2 aromatic carbocycles. The second-order valence-corrected chi connectivity index (χ2v) is 7.45. The average Bonchev–Trinajstić information content (AvgIpc) is 2.42. The number of hydrogen-bond acceptors (Lipinski definition) is 3. The molecule has 1 amide bonds. The molecule has 0 aliphatic carbocycles. The number of rotatable bonds is 2. The van der Waals surface area contributed by atoms with E-state index in [2.05, 4.69) is 5.32 Å². The molecule has 2 aromatic rings. The van der Waals surface area contributed by atoms with Crippen molar-refractivity contribution in [1.29, 1.82) is 0 Å². The van der Waals surface area contributed by atoms with Gasteiger partial charge in [0.25, 0.3) is 0 Å². The summed E-state index contributed by atoms with van der Waals surface area (Å²) < 4.78 is 28.6. The van der Waals surface area contributed by atoms with E-state index in [1.54, 1.807) is 0 Å². The van der Waals surface area contributed by atoms with Crippen LogP contribution in [-0.2, 0) is 8.53 Å². The van der Waals surface area contributed by atoms with Gasteiger partial charge in [0, 0.05) is 0 Å². The van der Waals surface area contributed by atoms with Crippen molar-refractivity contribution >= 4 is 30.1 Å². The Hall–Kier alpha value is -2.01. The second kappa shape index (κ2) is 7.69. The van der Waals surface area contributed by atoms with Crippen LogP contribution in [0.5, 0.6) is 5.75 Å². The minimum Gasteiger partial charge on any atom is -0.0623 e. The summed E-state index contributed by atoms with van der Waals surface area (Å²) in [5.41, 5.74) is -0.00951. The number of carbonyl (C=O) groups is 1. The first kappa shape index (κ1) is 17.0. The zero-order valence-corrected chi connectivity index (χ0v) is 13.2. The number of amides is 1. The molecular weight excluding hydrogens is 337 g/mol. The van der Waals surface area contributed by atoms with Crippen molar-refractivity contribution in [2.45, 2.75) is 6.92 Å². The monoisotopic (exact) mass is 353 g/mol. The Morgan fingerprint density at radius 3 is 1.90 bits per heavy atom. The van der Waals surface area contributed by atoms with Crippen molar-refractivity contribution in [2.24, 2.45) is 0 Å². The van der Waals surface area contributed by atoms with E-state index in [1.807, 2.05) is 36.4 Å². The van der Waals surface area contributed by atoms with Gasteiger partial charge in [-0.3, -0.25) is 0 Å². The fourth-order valence-electron chi connectivity index (χ4n) is 1.38. The molecule has 6 nitrogen and oxygen atoms in total. The van der Waals surface area contributed by atoms with Crippen molar-refractivity contribution in [1.82, 2.24) is 0 Å². The van der Waals surface area contributed by atoms with Crippen LogP contribution in [0.15, 0.2) is 54.6 Å². The van der Waals surface area contributed by atoms with Crippen molar-refractivity contribution in [3.8, 4) is 5.75 Å². The summed E-state index contributed by atoms with van der Waals surface area (Å²) in [6.07, 6.45) is 0.